The first-order valence-electron chi connectivity index (χ1n) is 44.1. The summed E-state index contributed by atoms with van der Waals surface area (Å²) in [6, 6.07) is 6.81. The minimum Gasteiger partial charge on any atom is -0.370 e. The Morgan fingerprint density at radius 2 is 0.687 bits per heavy atom. The van der Waals surface area contributed by atoms with Crippen molar-refractivity contribution >= 4 is 186 Å². The van der Waals surface area contributed by atoms with Crippen LogP contribution in [0.25, 0.3) is 0 Å². The van der Waals surface area contributed by atoms with Crippen molar-refractivity contribution in [1.82, 2.24) is 112 Å². The van der Waals surface area contributed by atoms with Crippen LogP contribution < -0.4 is 85.5 Å². The first-order chi connectivity index (χ1) is 69.8. The first-order valence-corrected chi connectivity index (χ1v) is 48.9. The lowest BCUT2D eigenvalue weighted by Crippen LogP contribution is -2.35. The Morgan fingerprint density at radius 3 is 1.01 bits per heavy atom. The van der Waals surface area contributed by atoms with Crippen molar-refractivity contribution in [2.24, 2.45) is 23.3 Å². The molecule has 0 aliphatic carbocycles. The number of carbonyl (C=O) groups is 8. The van der Waals surface area contributed by atoms with Crippen molar-refractivity contribution in [2.75, 3.05) is 108 Å². The molecule has 3 aliphatic heterocycles. The van der Waals surface area contributed by atoms with E-state index < -0.39 is 138 Å². The van der Waals surface area contributed by atoms with Crippen molar-refractivity contribution in [2.45, 2.75) is 121 Å². The Labute approximate surface area is 862 Å². The maximum absolute atomic E-state index is 13.1. The van der Waals surface area contributed by atoms with Crippen molar-refractivity contribution in [3.05, 3.63) is 228 Å². The molecular formula is C87H88Cl4F12N32O8S4. The molecule has 17 N–H and O–H groups in total. The predicted molar refractivity (Wildman–Crippen MR) is 524 cm³/mol. The predicted octanol–water partition coefficient (Wildman–Crippen LogP) is 15.1. The number of nitrogens with two attached hydrogens (primary N) is 2. The van der Waals surface area contributed by atoms with Crippen LogP contribution in [0.5, 0.6) is 0 Å². The van der Waals surface area contributed by atoms with E-state index in [1.807, 2.05) is 0 Å². The van der Waals surface area contributed by atoms with Gasteiger partial charge in [-0.15, -0.1) is 45.3 Å². The van der Waals surface area contributed by atoms with Gasteiger partial charge in [0.25, 0.3) is 47.3 Å². The van der Waals surface area contributed by atoms with E-state index in [9.17, 15) is 91.0 Å². The zero-order valence-electron chi connectivity index (χ0n) is 77.1. The zero-order valence-corrected chi connectivity index (χ0v) is 83.4. The molecule has 15 heterocycles. The van der Waals surface area contributed by atoms with Gasteiger partial charge in [0.1, 0.15) is 134 Å². The smallest absolute Gasteiger partial charge is 0.370 e. The molecule has 12 aromatic heterocycles. The number of piperidine rings is 2. The summed E-state index contributed by atoms with van der Waals surface area (Å²) in [5.41, 5.74) is 7.39. The number of carbonyl (C=O) groups excluding carboxylic acids is 8. The van der Waals surface area contributed by atoms with Crippen molar-refractivity contribution in [3.8, 4) is 0 Å². The molecule has 147 heavy (non-hydrogen) atoms. The molecule has 0 spiro atoms. The number of nitrogens with zero attached hydrogens (tertiary/aromatic N) is 17. The van der Waals surface area contributed by atoms with Crippen LogP contribution in [0.15, 0.2) is 123 Å². The second-order valence-electron chi connectivity index (χ2n) is 32.3. The zero-order chi connectivity index (χ0) is 106. The molecule has 0 bridgehead atoms. The molecule has 5 atom stereocenters. The third-order valence-electron chi connectivity index (χ3n) is 21.4. The molecule has 0 radical (unpaired) electrons. The molecule has 60 heteroatoms. The largest absolute Gasteiger partial charge is 0.418 e. The Balaban J connectivity index is 0.000000174. The fourth-order valence-electron chi connectivity index (χ4n) is 13.7. The molecule has 40 nitrogen and oxygen atoms in total. The summed E-state index contributed by atoms with van der Waals surface area (Å²) in [7, 11) is 0. The minimum atomic E-state index is -4.70. The van der Waals surface area contributed by atoms with Crippen molar-refractivity contribution in [1.29, 1.82) is 0 Å². The summed E-state index contributed by atoms with van der Waals surface area (Å²) in [5.74, 6) is -2.75. The van der Waals surface area contributed by atoms with Gasteiger partial charge in [0, 0.05) is 81.3 Å². The number of halogens is 16. The molecule has 12 aromatic rings. The number of alkyl halides is 12. The van der Waals surface area contributed by atoms with Gasteiger partial charge >= 0.3 is 24.7 Å². The summed E-state index contributed by atoms with van der Waals surface area (Å²) >= 11 is 26.1. The number of rotatable bonds is 31. The molecule has 4 unspecified atom stereocenters. The van der Waals surface area contributed by atoms with Gasteiger partial charge in [-0.2, -0.15) is 52.7 Å². The third-order valence-corrected chi connectivity index (χ3v) is 27.3. The highest BCUT2D eigenvalue weighted by molar-refractivity contribution is 7.15. The van der Waals surface area contributed by atoms with E-state index in [1.54, 1.807) is 45.9 Å². The molecule has 3 saturated heterocycles. The fraction of sp³-hybridized carbons (Fsp3) is 0.356. The van der Waals surface area contributed by atoms with Crippen LogP contribution in [-0.4, -0.2) is 198 Å². The number of pyridine rings is 4. The third kappa shape index (κ3) is 32.5. The van der Waals surface area contributed by atoms with Gasteiger partial charge in [0.15, 0.2) is 0 Å². The van der Waals surface area contributed by atoms with E-state index in [1.165, 1.54) is 56.2 Å². The molecular weight excluding hydrogens is 2120 g/mol. The molecule has 8 amide bonds. The maximum atomic E-state index is 13.1. The highest BCUT2D eigenvalue weighted by Gasteiger charge is 2.39. The van der Waals surface area contributed by atoms with E-state index in [2.05, 4.69) is 154 Å². The van der Waals surface area contributed by atoms with Crippen LogP contribution >= 0.6 is 91.8 Å². The van der Waals surface area contributed by atoms with Crippen LogP contribution in [0.3, 0.4) is 0 Å². The first kappa shape index (κ1) is 112. The van der Waals surface area contributed by atoms with Crippen LogP contribution in [0.2, 0.25) is 20.1 Å². The normalized spacial score (nSPS) is 14.8. The van der Waals surface area contributed by atoms with E-state index in [-0.39, 0.29) is 71.6 Å². The van der Waals surface area contributed by atoms with Gasteiger partial charge in [0.05, 0.1) is 91.3 Å². The summed E-state index contributed by atoms with van der Waals surface area (Å²) in [5, 5.41) is 35.8. The Bertz CT molecular complexity index is 6640. The molecule has 3 aliphatic rings. The summed E-state index contributed by atoms with van der Waals surface area (Å²) in [4.78, 5) is 168. The lowest BCUT2D eigenvalue weighted by Gasteiger charge is -2.24. The number of aromatic nitrogens is 16. The van der Waals surface area contributed by atoms with Gasteiger partial charge in [-0.25, -0.2) is 79.7 Å². The van der Waals surface area contributed by atoms with Crippen LogP contribution in [-0.2, 0) is 24.7 Å². The average Bonchev–Trinajstić information content (AvgIpc) is 1.70. The van der Waals surface area contributed by atoms with Crippen molar-refractivity contribution < 1.29 is 91.0 Å². The number of hydrogen-bond acceptors (Lipinski definition) is 36. The van der Waals surface area contributed by atoms with Crippen LogP contribution in [0, 0.1) is 11.8 Å². The molecule has 3 fully saturated rings. The van der Waals surface area contributed by atoms with E-state index in [0.717, 1.165) is 154 Å². The summed E-state index contributed by atoms with van der Waals surface area (Å²) in [6.45, 7) is 14.5. The number of nitrogens with one attached hydrogen (secondary N) is 13. The topological polar surface area (TPSA) is 554 Å². The molecule has 0 aromatic carbocycles. The fourth-order valence-corrected chi connectivity index (χ4v) is 17.8. The number of anilines is 8. The number of thiazole rings is 4. The van der Waals surface area contributed by atoms with Gasteiger partial charge in [0.2, 0.25) is 0 Å². The van der Waals surface area contributed by atoms with Gasteiger partial charge < -0.3 is 85.5 Å². The highest BCUT2D eigenvalue weighted by atomic mass is 35.5. The Kier molecular flexibility index (Phi) is 39.2. The summed E-state index contributed by atoms with van der Waals surface area (Å²) < 4.78 is 157. The average molecular weight is 2210 g/mol. The maximum Gasteiger partial charge on any atom is 0.418 e. The SMILES string of the molecule is CC(NC(=O)c1cc(N2CC[C@@H](CN)C2)ncn1)c1ncc(C(=O)Nc2cc(C(F)(F)F)c(Cl)cn2)s1.CC(NC(=O)c1cc(NC2CCNCC2)ncn1)c1ncc(C(=O)Nc2cc(C(F)(F)F)c(Cl)cn2)s1.CC(NC(=O)c1cc(NCC2CCNCC2)ncn1)c1ncc(C(=O)Nc2cc(C(F)(F)F)c(Cl)cn2)s1.CC(NC(=O)c1cc(NCCCN)ncn1)c1ncc(C(=O)Nc2cc(C(F)(F)F)c(Cl)cn2)s1. The second-order valence-corrected chi connectivity index (χ2v) is 38.2. The lowest BCUT2D eigenvalue weighted by molar-refractivity contribution is -0.138. The van der Waals surface area contributed by atoms with Crippen LogP contribution in [0.4, 0.5) is 99.2 Å². The van der Waals surface area contributed by atoms with E-state index in [4.69, 9.17) is 57.9 Å². The second kappa shape index (κ2) is 51.3. The molecule has 15 rings (SSSR count). The number of hydrogen-bond donors (Lipinski definition) is 15. The van der Waals surface area contributed by atoms with Crippen molar-refractivity contribution in [3.63, 3.8) is 0 Å². The van der Waals surface area contributed by atoms with Crippen LogP contribution in [0.1, 0.15) is 213 Å². The lowest BCUT2D eigenvalue weighted by atomic mass is 9.98. The van der Waals surface area contributed by atoms with E-state index >= 15 is 0 Å². The monoisotopic (exact) mass is 2200 g/mol. The van der Waals surface area contributed by atoms with Gasteiger partial charge in [-0.1, -0.05) is 46.4 Å². The highest BCUT2D eigenvalue weighted by Crippen LogP contribution is 2.41. The van der Waals surface area contributed by atoms with E-state index in [0.29, 0.717) is 99.0 Å². The Morgan fingerprint density at radius 1 is 0.374 bits per heavy atom. The number of amides is 8. The standard InChI is InChI=1S/C23H24ClF3N8O2S.2C22H22ClF3N8O2S.C20H20ClF3N8O2S/c1-12(34-20(36)16-7-18(33-11-32-16)29-8-13-2-4-28-5-3-13)22-31-10-17(38-22)21(37)35-19-6-14(23(25,26)27)15(24)9-30-19;1-11(32-19(35)15-7-18(31-10-30-15)33-12-2-4-27-5-3-12)21-29-9-16(37-21)20(36)34-17-6-13(22(24,25)26)14(23)8-28-17;1-11(32-19(35)15-5-18(31-10-30-15)34-3-2-12(6-27)9-34)21-29-8-16(37-21)20(36)33-17-4-13(22(24,25)26)14(23)7-28-17;1-10(31-17(33)13-6-15(30-9-29-13)26-4-2-3-25)19-28-8-14(35-19)18(34)32-16-5-11(20(22,23)24)12(21)7-27-16/h6-7,9-13,28H,2-5,8H2,1H3,(H,34,36)(H,29,32,33)(H,30,35,37);6-12,27H,2-5H2,1H3,(H,32,35)(H,28,34,36)(H,30,31,33);4-5,7-8,10-12H,2-3,6,9,27H2,1H3,(H,32,35)(H,28,33,36);5-10H,2-4,25H2,1H3,(H,31,33)(H,26,29,30)(H,27,32,34)/t;;11?,12-;/m..0./s1. The van der Waals surface area contributed by atoms with Gasteiger partial charge in [-0.3, -0.25) is 38.4 Å². The minimum absolute atomic E-state index is 0.111. The molecule has 780 valence electrons. The molecule has 0 saturated carbocycles. The Hall–Kier alpha value is -13.4. The quantitative estimate of drug-likeness (QED) is 0.0142. The summed E-state index contributed by atoms with van der Waals surface area (Å²) in [6.07, 6.45) is 0.445. The van der Waals surface area contributed by atoms with Gasteiger partial charge in [-0.05, 0) is 142 Å².